The molecule has 2 nitrogen and oxygen atoms in total. The predicted molar refractivity (Wildman–Crippen MR) is 149 cm³/mol. The molecule has 6 aromatic carbocycles. The van der Waals surface area contributed by atoms with E-state index in [-0.39, 0.29) is 27.3 Å². The van der Waals surface area contributed by atoms with E-state index in [1.165, 1.54) is 0 Å². The fourth-order valence-corrected chi connectivity index (χ4v) is 4.55. The van der Waals surface area contributed by atoms with Crippen LogP contribution in [0.5, 0.6) is 0 Å². The maximum absolute atomic E-state index is 9.30. The van der Waals surface area contributed by atoms with Crippen LogP contribution in [0.25, 0.3) is 76.7 Å². The lowest BCUT2D eigenvalue weighted by molar-refractivity contribution is 0.600. The summed E-state index contributed by atoms with van der Waals surface area (Å²) in [4.78, 5) is 0. The van der Waals surface area contributed by atoms with Gasteiger partial charge >= 0.3 is 0 Å². The number of fused-ring (bicyclic) bond motifs is 7. The molecule has 0 bridgehead atoms. The van der Waals surface area contributed by atoms with E-state index in [0.29, 0.717) is 0 Å². The van der Waals surface area contributed by atoms with Crippen molar-refractivity contribution < 1.29 is 36.2 Å². The van der Waals surface area contributed by atoms with E-state index in [1.54, 1.807) is 0 Å². The molecule has 0 aliphatic rings. The van der Waals surface area contributed by atoms with E-state index in [9.17, 15) is 4.11 Å². The highest BCUT2D eigenvalue weighted by Gasteiger charge is 2.21. The van der Waals surface area contributed by atoms with Crippen LogP contribution in [0.1, 0.15) is 27.4 Å². The van der Waals surface area contributed by atoms with E-state index < -0.39 is 170 Å². The van der Waals surface area contributed by atoms with Gasteiger partial charge in [0.2, 0.25) is 0 Å². The maximum atomic E-state index is 9.30. The van der Waals surface area contributed by atoms with E-state index >= 15 is 0 Å². The zero-order valence-electron chi connectivity index (χ0n) is 37.8. The van der Waals surface area contributed by atoms with Crippen molar-refractivity contribution in [3.8, 4) is 22.3 Å². The summed E-state index contributed by atoms with van der Waals surface area (Å²) in [7, 11) is 0. The topological polar surface area (TPSA) is 26.3 Å². The third-order valence-electron chi connectivity index (χ3n) is 5.97. The molecule has 8 rings (SSSR count). The molecule has 0 atom stereocenters. The van der Waals surface area contributed by atoms with Crippen molar-refractivity contribution in [2.45, 2.75) is 0 Å². The second kappa shape index (κ2) is 7.34. The Labute approximate surface area is 235 Å². The molecule has 0 fully saturated rings. The second-order valence-electron chi connectivity index (χ2n) is 7.79. The lowest BCUT2D eigenvalue weighted by Gasteiger charge is -2.18. The molecule has 2 heterocycles. The molecule has 2 aromatic heterocycles. The summed E-state index contributed by atoms with van der Waals surface area (Å²) in [5.74, 6) is 0. The molecule has 0 saturated heterocycles. The van der Waals surface area contributed by atoms with E-state index in [2.05, 4.69) is 0 Å². The number of furan rings is 2. The fraction of sp³-hybridized carbons (Fsp3) is 0. The van der Waals surface area contributed by atoms with Crippen LogP contribution in [0.3, 0.4) is 0 Å². The highest BCUT2D eigenvalue weighted by atomic mass is 16.4. The Balaban J connectivity index is 1.81. The first-order valence-electron chi connectivity index (χ1n) is 20.6. The molecule has 0 aliphatic carbocycles. The van der Waals surface area contributed by atoms with Gasteiger partial charge in [-0.05, 0) is 61.9 Å². The molecule has 0 aliphatic heterocycles. The van der Waals surface area contributed by atoms with Gasteiger partial charge in [-0.2, -0.15) is 0 Å². The van der Waals surface area contributed by atoms with Crippen LogP contribution in [0.2, 0.25) is 0 Å². The van der Waals surface area contributed by atoms with Crippen LogP contribution < -0.4 is 0 Å². The van der Waals surface area contributed by atoms with Crippen molar-refractivity contribution in [2.75, 3.05) is 0 Å². The largest absolute Gasteiger partial charge is 0.460 e. The van der Waals surface area contributed by atoms with Crippen molar-refractivity contribution in [2.24, 2.45) is 0 Å². The summed E-state index contributed by atoms with van der Waals surface area (Å²) >= 11 is 0. The minimum absolute atomic E-state index is 0.293. The summed E-state index contributed by atoms with van der Waals surface area (Å²) in [6.45, 7) is 0. The van der Waals surface area contributed by atoms with Crippen molar-refractivity contribution in [3.63, 3.8) is 0 Å². The highest BCUT2D eigenvalue weighted by molar-refractivity contribution is 6.26. The molecule has 36 heavy (non-hydrogen) atoms. The van der Waals surface area contributed by atoms with Crippen LogP contribution in [-0.4, -0.2) is 0 Å². The molecule has 0 radical (unpaired) electrons. The first-order valence-corrected chi connectivity index (χ1v) is 10.6. The van der Waals surface area contributed by atoms with E-state index in [4.69, 9.17) is 32.1 Å². The second-order valence-corrected chi connectivity index (χ2v) is 7.79. The van der Waals surface area contributed by atoms with Gasteiger partial charge in [-0.1, -0.05) is 96.7 Å². The van der Waals surface area contributed by atoms with Gasteiger partial charge in [0.1, 0.15) is 6.95 Å². The monoisotopic (exact) mass is 480 g/mol. The Morgan fingerprint density at radius 1 is 0.500 bits per heavy atom. The van der Waals surface area contributed by atoms with Gasteiger partial charge in [0, 0.05) is 16.2 Å². The summed E-state index contributed by atoms with van der Waals surface area (Å²) in [5, 5.41) is -3.33. The van der Waals surface area contributed by atoms with Gasteiger partial charge in [0.15, 0.2) is 11.2 Å². The Bertz CT molecular complexity index is 3090. The SMILES string of the molecule is [2H]c1oc2c(c1[2H])c([2H])c([2H])c1c2oc2c([2H])c([2H])c([2H])c(-c3c4c([2H])c([2H])c([2H])c([2H])c4c(-c4c([2H])c([2H])c([2H])c([2H])c4[2H])c4c([2H])c([2H])c([2H])c([2H])c34)c21. The molecule has 168 valence electrons. The van der Waals surface area contributed by atoms with Crippen LogP contribution in [0, 0.1) is 0 Å². The Hall–Kier alpha value is -4.82. The lowest BCUT2D eigenvalue weighted by Crippen LogP contribution is -1.91. The van der Waals surface area contributed by atoms with Gasteiger partial charge in [0.25, 0.3) is 0 Å². The van der Waals surface area contributed by atoms with Crippen molar-refractivity contribution >= 4 is 54.5 Å². The third-order valence-corrected chi connectivity index (χ3v) is 5.97. The van der Waals surface area contributed by atoms with Gasteiger partial charge in [-0.3, -0.25) is 0 Å². The van der Waals surface area contributed by atoms with E-state index in [0.717, 1.165) is 0 Å². The van der Waals surface area contributed by atoms with Gasteiger partial charge in [-0.25, -0.2) is 0 Å². The van der Waals surface area contributed by atoms with Crippen molar-refractivity contribution in [3.05, 3.63) is 121 Å². The molecule has 2 heteroatoms. The Morgan fingerprint density at radius 2 is 1.17 bits per heavy atom. The number of benzene rings is 6. The average Bonchev–Trinajstić information content (AvgIpc) is 3.71. The number of hydrogen-bond acceptors (Lipinski definition) is 2. The molecule has 0 spiro atoms. The summed E-state index contributed by atoms with van der Waals surface area (Å²) in [6, 6.07) is -15.5. The smallest absolute Gasteiger partial charge is 0.178 e. The van der Waals surface area contributed by atoms with Crippen molar-refractivity contribution in [1.82, 2.24) is 0 Å². The molecule has 0 N–H and O–H groups in total. The standard InChI is InChI=1S/C34H20O2/c1-2-9-21(10-3-1)30-23-11-4-6-13-25(23)31(26-14-7-5-12-24(26)30)27-15-8-16-29-32(27)28-18-17-22-19-20-35-33(22)34(28)36-29/h1-20H/i1D,2D,3D,4D,5D,6D,7D,8D,9D,10D,11D,12D,13D,14D,15D,16D,17D,18D,19D,20D. The van der Waals surface area contributed by atoms with Gasteiger partial charge in [0.05, 0.1) is 32.3 Å². The first kappa shape index (κ1) is 8.39. The zero-order chi connectivity index (χ0) is 41.0. The fourth-order valence-electron chi connectivity index (χ4n) is 4.55. The minimum atomic E-state index is -0.878. The quantitative estimate of drug-likeness (QED) is 0.230. The molecule has 0 amide bonds. The van der Waals surface area contributed by atoms with E-state index in [1.807, 2.05) is 0 Å². The number of hydrogen-bond donors (Lipinski definition) is 0. The third kappa shape index (κ3) is 2.61. The molecule has 0 unspecified atom stereocenters. The normalized spacial score (nSPS) is 19.7. The van der Waals surface area contributed by atoms with Crippen LogP contribution in [0.4, 0.5) is 0 Å². The maximum Gasteiger partial charge on any atom is 0.178 e. The molecular formula is C34H20O2. The molecule has 8 aromatic rings. The predicted octanol–water partition coefficient (Wildman–Crippen LogP) is 9.97. The number of rotatable bonds is 2. The van der Waals surface area contributed by atoms with Gasteiger partial charge < -0.3 is 8.83 Å². The average molecular weight is 481 g/mol. The Morgan fingerprint density at radius 3 is 1.89 bits per heavy atom. The minimum Gasteiger partial charge on any atom is -0.460 e. The highest BCUT2D eigenvalue weighted by Crippen LogP contribution is 2.47. The Kier molecular flexibility index (Phi) is 1.71. The first-order chi connectivity index (χ1) is 26.2. The van der Waals surface area contributed by atoms with Crippen LogP contribution in [0.15, 0.2) is 130 Å². The summed E-state index contributed by atoms with van der Waals surface area (Å²) < 4.78 is 187. The van der Waals surface area contributed by atoms with Gasteiger partial charge in [-0.15, -0.1) is 0 Å². The van der Waals surface area contributed by atoms with Crippen LogP contribution in [-0.2, 0) is 0 Å². The zero-order valence-corrected chi connectivity index (χ0v) is 17.8. The lowest BCUT2D eigenvalue weighted by atomic mass is 9.85. The summed E-state index contributed by atoms with van der Waals surface area (Å²) in [6.07, 6.45) is -0.693. The van der Waals surface area contributed by atoms with Crippen molar-refractivity contribution in [1.29, 1.82) is 0 Å². The molecule has 0 saturated carbocycles. The summed E-state index contributed by atoms with van der Waals surface area (Å²) in [5.41, 5.74) is -3.55. The molecular weight excluding hydrogens is 440 g/mol. The van der Waals surface area contributed by atoms with Crippen LogP contribution >= 0.6 is 0 Å².